The molecule has 3 aromatic heterocycles. The topological polar surface area (TPSA) is 84.1 Å². The molecule has 0 bridgehead atoms. The van der Waals surface area contributed by atoms with E-state index in [0.717, 1.165) is 40.5 Å². The molecule has 0 amide bonds. The number of carbonyl (C=O) groups excluding carboxylic acids is 1. The van der Waals surface area contributed by atoms with Gasteiger partial charge >= 0.3 is 0 Å². The predicted octanol–water partition coefficient (Wildman–Crippen LogP) is 4.77. The zero-order valence-electron chi connectivity index (χ0n) is 20.4. The van der Waals surface area contributed by atoms with Crippen molar-refractivity contribution in [1.29, 1.82) is 0 Å². The first-order valence-electron chi connectivity index (χ1n) is 11.4. The van der Waals surface area contributed by atoms with Gasteiger partial charge < -0.3 is 14.0 Å². The zero-order valence-corrected chi connectivity index (χ0v) is 21.2. The Hall–Kier alpha value is -3.43. The van der Waals surface area contributed by atoms with Gasteiger partial charge in [0.25, 0.3) is 0 Å². The van der Waals surface area contributed by atoms with Gasteiger partial charge in [-0.15, -0.1) is 10.2 Å². The van der Waals surface area contributed by atoms with Crippen molar-refractivity contribution in [2.75, 3.05) is 26.1 Å². The molecule has 182 valence electrons. The smallest absolute Gasteiger partial charge is 0.196 e. The van der Waals surface area contributed by atoms with E-state index in [1.807, 2.05) is 67.8 Å². The van der Waals surface area contributed by atoms with Crippen molar-refractivity contribution in [1.82, 2.24) is 24.3 Å². The van der Waals surface area contributed by atoms with Crippen LogP contribution in [0.1, 0.15) is 28.7 Å². The van der Waals surface area contributed by atoms with E-state index in [1.165, 1.54) is 11.8 Å². The SMILES string of the molecule is CCOc1ccc(-n2c(SCC(=O)c3cc(C)n(CCOC)c3C)nnc2-c2cccnc2)cc1. The second-order valence-corrected chi connectivity index (χ2v) is 8.89. The third-order valence-electron chi connectivity index (χ3n) is 5.68. The molecule has 0 saturated carbocycles. The minimum absolute atomic E-state index is 0.0518. The van der Waals surface area contributed by atoms with Gasteiger partial charge in [-0.25, -0.2) is 0 Å². The molecule has 0 aliphatic heterocycles. The molecule has 0 saturated heterocycles. The maximum Gasteiger partial charge on any atom is 0.196 e. The minimum atomic E-state index is 0.0518. The molecule has 0 aliphatic carbocycles. The highest BCUT2D eigenvalue weighted by Gasteiger charge is 2.20. The number of ether oxygens (including phenoxy) is 2. The quantitative estimate of drug-likeness (QED) is 0.221. The number of ketones is 1. The van der Waals surface area contributed by atoms with Crippen LogP contribution in [0.5, 0.6) is 5.75 Å². The maximum atomic E-state index is 13.2. The first-order chi connectivity index (χ1) is 17.0. The van der Waals surface area contributed by atoms with Crippen molar-refractivity contribution in [2.24, 2.45) is 0 Å². The van der Waals surface area contributed by atoms with Crippen molar-refractivity contribution in [2.45, 2.75) is 32.5 Å². The molecule has 0 unspecified atom stereocenters. The molecule has 1 aromatic carbocycles. The molecule has 4 rings (SSSR count). The Morgan fingerprint density at radius 1 is 1.11 bits per heavy atom. The van der Waals surface area contributed by atoms with Crippen LogP contribution in [0, 0.1) is 13.8 Å². The summed E-state index contributed by atoms with van der Waals surface area (Å²) in [7, 11) is 1.68. The largest absolute Gasteiger partial charge is 0.494 e. The standard InChI is InChI=1S/C26H29N5O3S/c1-5-34-22-10-8-21(9-11-22)31-25(20-7-6-12-27-16-20)28-29-26(31)35-17-24(32)23-15-18(2)30(19(23)3)13-14-33-4/h6-12,15-16H,5,13-14,17H2,1-4H3. The molecule has 0 N–H and O–H groups in total. The van der Waals surface area contributed by atoms with Gasteiger partial charge in [0.05, 0.1) is 19.0 Å². The molecule has 4 aromatic rings. The fourth-order valence-corrected chi connectivity index (χ4v) is 4.79. The van der Waals surface area contributed by atoms with Crippen LogP contribution in [-0.4, -0.2) is 56.2 Å². The monoisotopic (exact) mass is 491 g/mol. The summed E-state index contributed by atoms with van der Waals surface area (Å²) in [5.74, 6) is 1.75. The summed E-state index contributed by atoms with van der Waals surface area (Å²) in [6.45, 7) is 7.85. The van der Waals surface area contributed by atoms with E-state index in [4.69, 9.17) is 9.47 Å². The van der Waals surface area contributed by atoms with Crippen LogP contribution in [0.3, 0.4) is 0 Å². The summed E-state index contributed by atoms with van der Waals surface area (Å²) in [4.78, 5) is 17.4. The Labute approximate surface area is 209 Å². The number of rotatable bonds is 11. The molecule has 0 fully saturated rings. The third kappa shape index (κ3) is 5.47. The molecule has 8 nitrogen and oxygen atoms in total. The minimum Gasteiger partial charge on any atom is -0.494 e. The van der Waals surface area contributed by atoms with Crippen LogP contribution in [0.15, 0.2) is 60.0 Å². The Morgan fingerprint density at radius 2 is 1.91 bits per heavy atom. The molecular formula is C26H29N5O3S. The van der Waals surface area contributed by atoms with E-state index >= 15 is 0 Å². The summed E-state index contributed by atoms with van der Waals surface area (Å²) < 4.78 is 14.9. The second kappa shape index (κ2) is 11.3. The van der Waals surface area contributed by atoms with Crippen molar-refractivity contribution in [3.8, 4) is 22.8 Å². The lowest BCUT2D eigenvalue weighted by Gasteiger charge is -2.11. The number of nitrogens with zero attached hydrogens (tertiary/aromatic N) is 5. The van der Waals surface area contributed by atoms with Crippen LogP contribution in [0.4, 0.5) is 0 Å². The van der Waals surface area contributed by atoms with Crippen molar-refractivity contribution < 1.29 is 14.3 Å². The number of carbonyl (C=O) groups is 1. The normalized spacial score (nSPS) is 11.1. The molecule has 0 aliphatic rings. The van der Waals surface area contributed by atoms with E-state index < -0.39 is 0 Å². The Kier molecular flexibility index (Phi) is 7.99. The first-order valence-corrected chi connectivity index (χ1v) is 12.4. The Morgan fingerprint density at radius 3 is 2.60 bits per heavy atom. The molecule has 9 heteroatoms. The maximum absolute atomic E-state index is 13.2. The van der Waals surface area contributed by atoms with Crippen molar-refractivity contribution in [3.63, 3.8) is 0 Å². The lowest BCUT2D eigenvalue weighted by Crippen LogP contribution is -2.10. The van der Waals surface area contributed by atoms with E-state index in [1.54, 1.807) is 19.5 Å². The number of aromatic nitrogens is 5. The van der Waals surface area contributed by atoms with E-state index in [-0.39, 0.29) is 11.5 Å². The van der Waals surface area contributed by atoms with Crippen molar-refractivity contribution in [3.05, 3.63) is 71.8 Å². The number of benzene rings is 1. The van der Waals surface area contributed by atoms with E-state index in [0.29, 0.717) is 24.2 Å². The fraction of sp³-hybridized carbons (Fsp3) is 0.308. The lowest BCUT2D eigenvalue weighted by atomic mass is 10.2. The average molecular weight is 492 g/mol. The Bertz CT molecular complexity index is 1280. The molecule has 0 spiro atoms. The summed E-state index contributed by atoms with van der Waals surface area (Å²) in [6, 6.07) is 13.5. The summed E-state index contributed by atoms with van der Waals surface area (Å²) in [6.07, 6.45) is 3.47. The second-order valence-electron chi connectivity index (χ2n) is 7.95. The van der Waals surface area contributed by atoms with Crippen LogP contribution < -0.4 is 4.74 Å². The molecule has 0 atom stereocenters. The molecule has 35 heavy (non-hydrogen) atoms. The molecule has 3 heterocycles. The third-order valence-corrected chi connectivity index (χ3v) is 6.61. The fourth-order valence-electron chi connectivity index (χ4n) is 3.95. The van der Waals surface area contributed by atoms with E-state index in [9.17, 15) is 4.79 Å². The first kappa shape index (κ1) is 24.7. The Balaban J connectivity index is 1.62. The highest BCUT2D eigenvalue weighted by atomic mass is 32.2. The molecule has 0 radical (unpaired) electrons. The van der Waals surface area contributed by atoms with Crippen LogP contribution in [0.25, 0.3) is 17.1 Å². The van der Waals surface area contributed by atoms with Gasteiger partial charge in [-0.1, -0.05) is 11.8 Å². The summed E-state index contributed by atoms with van der Waals surface area (Å²) in [5.41, 5.74) is 4.45. The van der Waals surface area contributed by atoms with Gasteiger partial charge in [0.2, 0.25) is 0 Å². The lowest BCUT2D eigenvalue weighted by molar-refractivity contribution is 0.102. The molecular weight excluding hydrogens is 462 g/mol. The zero-order chi connectivity index (χ0) is 24.8. The summed E-state index contributed by atoms with van der Waals surface area (Å²) in [5, 5.41) is 9.49. The van der Waals surface area contributed by atoms with Gasteiger partial charge in [0.1, 0.15) is 5.75 Å². The van der Waals surface area contributed by atoms with Gasteiger partial charge in [-0.3, -0.25) is 14.3 Å². The number of thioether (sulfide) groups is 1. The van der Waals surface area contributed by atoms with Crippen LogP contribution >= 0.6 is 11.8 Å². The average Bonchev–Trinajstić information content (AvgIpc) is 3.43. The van der Waals surface area contributed by atoms with Gasteiger partial charge in [-0.05, 0) is 63.2 Å². The number of methoxy groups -OCH3 is 1. The van der Waals surface area contributed by atoms with Crippen molar-refractivity contribution >= 4 is 17.5 Å². The highest BCUT2D eigenvalue weighted by Crippen LogP contribution is 2.29. The van der Waals surface area contributed by atoms with Gasteiger partial charge in [-0.2, -0.15) is 0 Å². The van der Waals surface area contributed by atoms with Gasteiger partial charge in [0, 0.05) is 54.3 Å². The van der Waals surface area contributed by atoms with Gasteiger partial charge in [0.15, 0.2) is 16.8 Å². The number of pyridine rings is 1. The number of hydrogen-bond acceptors (Lipinski definition) is 7. The van der Waals surface area contributed by atoms with Crippen LogP contribution in [-0.2, 0) is 11.3 Å². The number of hydrogen-bond donors (Lipinski definition) is 0. The highest BCUT2D eigenvalue weighted by molar-refractivity contribution is 7.99. The number of aryl methyl sites for hydroxylation is 1. The van der Waals surface area contributed by atoms with E-state index in [2.05, 4.69) is 19.7 Å². The summed E-state index contributed by atoms with van der Waals surface area (Å²) >= 11 is 1.37. The number of Topliss-reactive ketones (excluding diaryl/α,β-unsaturated/α-hetero) is 1. The predicted molar refractivity (Wildman–Crippen MR) is 137 cm³/mol. The van der Waals surface area contributed by atoms with Crippen LogP contribution in [0.2, 0.25) is 0 Å².